The molecule has 3 rings (SSSR count). The third kappa shape index (κ3) is 5.39. The van der Waals surface area contributed by atoms with Crippen molar-refractivity contribution < 1.29 is 31.1 Å². The average Bonchev–Trinajstić information content (AvgIpc) is 2.69. The highest BCUT2D eigenvalue weighted by Crippen LogP contribution is 2.36. The third-order valence-corrected chi connectivity index (χ3v) is 5.49. The topological polar surface area (TPSA) is 32.3 Å². The number of amides is 1. The minimum Gasteiger partial charge on any atom is -0.333 e. The lowest BCUT2D eigenvalue weighted by Crippen LogP contribution is -2.54. The molecule has 1 atom stereocenters. The highest BCUT2D eigenvalue weighted by molar-refractivity contribution is 5.95. The van der Waals surface area contributed by atoms with Gasteiger partial charge in [0.2, 0.25) is 0 Å². The minimum absolute atomic E-state index is 0.0289. The van der Waals surface area contributed by atoms with Crippen LogP contribution in [0.25, 0.3) is 0 Å². The summed E-state index contributed by atoms with van der Waals surface area (Å²) in [5.74, 6) is -0.841. The van der Waals surface area contributed by atoms with E-state index in [1.807, 2.05) is 32.0 Å². The maximum absolute atomic E-state index is 13.2. The van der Waals surface area contributed by atoms with Gasteiger partial charge in [0.15, 0.2) is 0 Å². The van der Waals surface area contributed by atoms with Crippen molar-refractivity contribution in [1.82, 2.24) is 10.2 Å². The van der Waals surface area contributed by atoms with Gasteiger partial charge in [0.1, 0.15) is 0 Å². The fourth-order valence-electron chi connectivity index (χ4n) is 3.66. The van der Waals surface area contributed by atoms with Gasteiger partial charge in [0.05, 0.1) is 11.1 Å². The van der Waals surface area contributed by atoms with Gasteiger partial charge in [-0.2, -0.15) is 26.3 Å². The van der Waals surface area contributed by atoms with Crippen LogP contribution in [0.3, 0.4) is 0 Å². The van der Waals surface area contributed by atoms with E-state index in [0.717, 1.165) is 16.7 Å². The fraction of sp³-hybridized carbons (Fsp3) is 0.409. The van der Waals surface area contributed by atoms with E-state index in [1.54, 1.807) is 0 Å². The number of carbonyl (C=O) groups is 1. The smallest absolute Gasteiger partial charge is 0.333 e. The lowest BCUT2D eigenvalue weighted by Gasteiger charge is -2.36. The Bertz CT molecular complexity index is 935. The number of hydrogen-bond acceptors (Lipinski definition) is 2. The molecule has 1 heterocycles. The lowest BCUT2D eigenvalue weighted by atomic mass is 9.97. The van der Waals surface area contributed by atoms with Gasteiger partial charge in [0.25, 0.3) is 5.91 Å². The zero-order chi connectivity index (χ0) is 23.0. The normalized spacial score (nSPS) is 17.7. The third-order valence-electron chi connectivity index (χ3n) is 5.49. The van der Waals surface area contributed by atoms with E-state index >= 15 is 0 Å². The standard InChI is InChI=1S/C22H22F6N2O/c1-13-3-4-15(7-14(13)2)8-19-12-29-5-6-30(19)20(31)16-9-17(21(23,24)25)11-18(10-16)22(26,27)28/h3-4,7,9-11,19,29H,5-6,8,12H2,1-2H3. The van der Waals surface area contributed by atoms with Gasteiger partial charge in [-0.1, -0.05) is 18.2 Å². The fourth-order valence-corrected chi connectivity index (χ4v) is 3.66. The number of carbonyl (C=O) groups excluding carboxylic acids is 1. The first kappa shape index (κ1) is 23.1. The summed E-state index contributed by atoms with van der Waals surface area (Å²) in [6.45, 7) is 4.89. The molecule has 0 aliphatic carbocycles. The van der Waals surface area contributed by atoms with Crippen molar-refractivity contribution in [2.75, 3.05) is 19.6 Å². The summed E-state index contributed by atoms with van der Waals surface area (Å²) in [6.07, 6.45) is -9.57. The number of halogens is 6. The van der Waals surface area contributed by atoms with Crippen molar-refractivity contribution >= 4 is 5.91 Å². The maximum Gasteiger partial charge on any atom is 0.416 e. The van der Waals surface area contributed by atoms with Gasteiger partial charge in [0, 0.05) is 31.2 Å². The highest BCUT2D eigenvalue weighted by atomic mass is 19.4. The molecule has 2 aromatic carbocycles. The molecule has 9 heteroatoms. The first-order valence-corrected chi connectivity index (χ1v) is 9.73. The molecule has 1 amide bonds. The van der Waals surface area contributed by atoms with Gasteiger partial charge >= 0.3 is 12.4 Å². The van der Waals surface area contributed by atoms with Crippen molar-refractivity contribution in [3.63, 3.8) is 0 Å². The number of aryl methyl sites for hydroxylation is 2. The largest absolute Gasteiger partial charge is 0.416 e. The molecule has 1 aliphatic heterocycles. The number of rotatable bonds is 3. The zero-order valence-corrected chi connectivity index (χ0v) is 17.0. The van der Waals surface area contributed by atoms with Crippen LogP contribution in [-0.4, -0.2) is 36.5 Å². The Labute approximate surface area is 176 Å². The van der Waals surface area contributed by atoms with Gasteiger partial charge in [-0.15, -0.1) is 0 Å². The molecule has 2 aromatic rings. The minimum atomic E-state index is -5.00. The second-order valence-corrected chi connectivity index (χ2v) is 7.77. The van der Waals surface area contributed by atoms with Crippen LogP contribution in [0.4, 0.5) is 26.3 Å². The van der Waals surface area contributed by atoms with Crippen molar-refractivity contribution in [3.05, 3.63) is 69.8 Å². The summed E-state index contributed by atoms with van der Waals surface area (Å²) in [7, 11) is 0. The molecule has 1 unspecified atom stereocenters. The highest BCUT2D eigenvalue weighted by Gasteiger charge is 2.38. The number of nitrogens with zero attached hydrogens (tertiary/aromatic N) is 1. The van der Waals surface area contributed by atoms with E-state index in [9.17, 15) is 31.1 Å². The molecule has 1 N–H and O–H groups in total. The quantitative estimate of drug-likeness (QED) is 0.676. The predicted octanol–water partition coefficient (Wildman–Crippen LogP) is 5.00. The van der Waals surface area contributed by atoms with Gasteiger partial charge in [-0.05, 0) is 55.2 Å². The van der Waals surface area contributed by atoms with Crippen molar-refractivity contribution in [2.45, 2.75) is 38.7 Å². The molecule has 0 radical (unpaired) electrons. The monoisotopic (exact) mass is 444 g/mol. The Kier molecular flexibility index (Phi) is 6.36. The molecule has 3 nitrogen and oxygen atoms in total. The van der Waals surface area contributed by atoms with Crippen molar-refractivity contribution in [3.8, 4) is 0 Å². The SMILES string of the molecule is Cc1ccc(CC2CNCCN2C(=O)c2cc(C(F)(F)F)cc(C(F)(F)F)c2)cc1C. The molecular weight excluding hydrogens is 422 g/mol. The molecule has 0 saturated carbocycles. The number of benzene rings is 2. The summed E-state index contributed by atoms with van der Waals surface area (Å²) >= 11 is 0. The first-order valence-electron chi connectivity index (χ1n) is 9.73. The lowest BCUT2D eigenvalue weighted by molar-refractivity contribution is -0.143. The molecule has 1 fully saturated rings. The zero-order valence-electron chi connectivity index (χ0n) is 17.0. The van der Waals surface area contributed by atoms with E-state index in [0.29, 0.717) is 31.6 Å². The number of alkyl halides is 6. The maximum atomic E-state index is 13.2. The van der Waals surface area contributed by atoms with Gasteiger partial charge in [-0.3, -0.25) is 4.79 Å². The second-order valence-electron chi connectivity index (χ2n) is 7.77. The van der Waals surface area contributed by atoms with Crippen LogP contribution in [-0.2, 0) is 18.8 Å². The predicted molar refractivity (Wildman–Crippen MR) is 104 cm³/mol. The molecule has 0 aromatic heterocycles. The molecule has 0 spiro atoms. The van der Waals surface area contributed by atoms with E-state index in [4.69, 9.17) is 0 Å². The number of nitrogens with one attached hydrogen (secondary N) is 1. The van der Waals surface area contributed by atoms with E-state index < -0.39 is 41.0 Å². The Balaban J connectivity index is 1.94. The molecule has 0 bridgehead atoms. The summed E-state index contributed by atoms with van der Waals surface area (Å²) in [4.78, 5) is 14.4. The van der Waals surface area contributed by atoms with Crippen LogP contribution >= 0.6 is 0 Å². The first-order chi connectivity index (χ1) is 14.4. The Morgan fingerprint density at radius 1 is 0.968 bits per heavy atom. The molecule has 1 aliphatic rings. The van der Waals surface area contributed by atoms with E-state index in [-0.39, 0.29) is 12.6 Å². The van der Waals surface area contributed by atoms with Crippen LogP contribution in [0.15, 0.2) is 36.4 Å². The van der Waals surface area contributed by atoms with Crippen molar-refractivity contribution in [2.24, 2.45) is 0 Å². The summed E-state index contributed by atoms with van der Waals surface area (Å²) in [6, 6.07) is 6.44. The number of hydrogen-bond donors (Lipinski definition) is 1. The van der Waals surface area contributed by atoms with Crippen LogP contribution in [0.2, 0.25) is 0 Å². The van der Waals surface area contributed by atoms with Crippen LogP contribution in [0.1, 0.15) is 38.2 Å². The molecule has 31 heavy (non-hydrogen) atoms. The van der Waals surface area contributed by atoms with Crippen molar-refractivity contribution in [1.29, 1.82) is 0 Å². The van der Waals surface area contributed by atoms with Gasteiger partial charge < -0.3 is 10.2 Å². The number of piperazine rings is 1. The van der Waals surface area contributed by atoms with Crippen LogP contribution in [0, 0.1) is 13.8 Å². The van der Waals surface area contributed by atoms with E-state index in [1.165, 1.54) is 4.90 Å². The summed E-state index contributed by atoms with van der Waals surface area (Å²) < 4.78 is 79.0. The summed E-state index contributed by atoms with van der Waals surface area (Å²) in [5, 5.41) is 3.13. The Morgan fingerprint density at radius 2 is 1.58 bits per heavy atom. The Morgan fingerprint density at radius 3 is 2.13 bits per heavy atom. The van der Waals surface area contributed by atoms with Crippen LogP contribution < -0.4 is 5.32 Å². The molecule has 1 saturated heterocycles. The molecule has 168 valence electrons. The summed E-state index contributed by atoms with van der Waals surface area (Å²) in [5.41, 5.74) is -0.504. The van der Waals surface area contributed by atoms with E-state index in [2.05, 4.69) is 5.32 Å². The Hall–Kier alpha value is -2.55. The molecular formula is C22H22F6N2O. The second kappa shape index (κ2) is 8.53. The van der Waals surface area contributed by atoms with Crippen LogP contribution in [0.5, 0.6) is 0 Å². The average molecular weight is 444 g/mol. The van der Waals surface area contributed by atoms with Gasteiger partial charge in [-0.25, -0.2) is 0 Å².